The summed E-state index contributed by atoms with van der Waals surface area (Å²) in [5.41, 5.74) is 10.3. The Labute approximate surface area is 224 Å². The molecule has 0 unspecified atom stereocenters. The molecule has 2 amide bonds. The number of rotatable bonds is 11. The first-order chi connectivity index (χ1) is 18.4. The number of amides is 2. The van der Waals surface area contributed by atoms with E-state index >= 15 is 0 Å². The van der Waals surface area contributed by atoms with E-state index in [0.717, 1.165) is 0 Å². The number of anilines is 2. The Morgan fingerprint density at radius 2 is 1.63 bits per heavy atom. The number of ether oxygens (including phenoxy) is 3. The minimum absolute atomic E-state index is 0.0419. The molecule has 3 N–H and O–H groups in total. The second kappa shape index (κ2) is 14.1. The molecule has 3 rings (SSSR count). The third kappa shape index (κ3) is 7.85. The zero-order valence-corrected chi connectivity index (χ0v) is 21.6. The topological polar surface area (TPSA) is 147 Å². The molecule has 0 aliphatic carbocycles. The molecule has 0 aliphatic rings. The van der Waals surface area contributed by atoms with E-state index in [1.807, 2.05) is 6.07 Å². The molecule has 0 atom stereocenters. The molecular weight excluding hydrogens is 508 g/mol. The average Bonchev–Trinajstić information content (AvgIpc) is 2.92. The third-order valence-electron chi connectivity index (χ3n) is 4.94. The maximum atomic E-state index is 13.0. The Morgan fingerprint density at radius 3 is 2.32 bits per heavy atom. The van der Waals surface area contributed by atoms with E-state index in [1.54, 1.807) is 55.5 Å². The molecule has 0 heterocycles. The molecule has 0 bridgehead atoms. The highest BCUT2D eigenvalue weighted by molar-refractivity contribution is 7.80. The first-order valence-corrected chi connectivity index (χ1v) is 11.9. The van der Waals surface area contributed by atoms with Crippen LogP contribution in [0.4, 0.5) is 11.4 Å². The molecule has 12 heteroatoms. The van der Waals surface area contributed by atoms with Crippen LogP contribution in [-0.2, 0) is 0 Å². The molecule has 0 saturated heterocycles. The van der Waals surface area contributed by atoms with Crippen molar-refractivity contribution in [1.29, 1.82) is 0 Å². The lowest BCUT2D eigenvalue weighted by molar-refractivity contribution is 0.0975. The highest BCUT2D eigenvalue weighted by Crippen LogP contribution is 2.38. The maximum Gasteiger partial charge on any atom is 0.257 e. The van der Waals surface area contributed by atoms with E-state index < -0.39 is 5.91 Å². The van der Waals surface area contributed by atoms with Gasteiger partial charge in [0.2, 0.25) is 5.75 Å². The third-order valence-corrected chi connectivity index (χ3v) is 5.15. The van der Waals surface area contributed by atoms with Gasteiger partial charge in [0, 0.05) is 27.4 Å². The second-order valence-electron chi connectivity index (χ2n) is 7.55. The number of methoxy groups -OCH3 is 1. The summed E-state index contributed by atoms with van der Waals surface area (Å²) in [6, 6.07) is 18.7. The van der Waals surface area contributed by atoms with Gasteiger partial charge in [0.15, 0.2) is 16.6 Å². The lowest BCUT2D eigenvalue weighted by atomic mass is 10.1. The largest absolute Gasteiger partial charge is 0.493 e. The molecule has 0 fully saturated rings. The summed E-state index contributed by atoms with van der Waals surface area (Å²) < 4.78 is 16.7. The number of hydrogen-bond donors (Lipinski definition) is 3. The number of carbonyl (C=O) groups is 2. The predicted molar refractivity (Wildman–Crippen MR) is 148 cm³/mol. The number of carbonyl (C=O) groups excluding carboxylic acids is 2. The molecule has 38 heavy (non-hydrogen) atoms. The fraction of sp³-hybridized carbons (Fsp3) is 0.192. The van der Waals surface area contributed by atoms with Crippen LogP contribution in [0, 0.1) is 0 Å². The van der Waals surface area contributed by atoms with Gasteiger partial charge in [0.05, 0.1) is 26.9 Å². The summed E-state index contributed by atoms with van der Waals surface area (Å²) in [7, 11) is 1.44. The first kappa shape index (κ1) is 27.8. The van der Waals surface area contributed by atoms with E-state index in [2.05, 4.69) is 26.0 Å². The molecular formula is C26H26N6O5S. The predicted octanol–water partition coefficient (Wildman–Crippen LogP) is 5.16. The van der Waals surface area contributed by atoms with Gasteiger partial charge >= 0.3 is 0 Å². The molecule has 0 aromatic heterocycles. The van der Waals surface area contributed by atoms with Crippen molar-refractivity contribution in [2.75, 3.05) is 37.5 Å². The molecule has 0 saturated carbocycles. The van der Waals surface area contributed by atoms with Gasteiger partial charge in [-0.15, -0.1) is 0 Å². The van der Waals surface area contributed by atoms with Crippen LogP contribution in [0.25, 0.3) is 10.4 Å². The van der Waals surface area contributed by atoms with E-state index in [1.165, 1.54) is 19.2 Å². The van der Waals surface area contributed by atoms with Gasteiger partial charge in [0.1, 0.15) is 0 Å². The molecule has 196 valence electrons. The van der Waals surface area contributed by atoms with Crippen LogP contribution in [0.3, 0.4) is 0 Å². The van der Waals surface area contributed by atoms with Gasteiger partial charge in [-0.1, -0.05) is 29.4 Å². The number of thiocarbonyl (C=S) groups is 1. The summed E-state index contributed by atoms with van der Waals surface area (Å²) in [5, 5.41) is 11.8. The van der Waals surface area contributed by atoms with E-state index in [9.17, 15) is 9.59 Å². The molecule has 3 aromatic carbocycles. The second-order valence-corrected chi connectivity index (χ2v) is 7.96. The van der Waals surface area contributed by atoms with E-state index in [-0.39, 0.29) is 35.5 Å². The van der Waals surface area contributed by atoms with Gasteiger partial charge in [-0.25, -0.2) is 0 Å². The summed E-state index contributed by atoms with van der Waals surface area (Å²) in [6.45, 7) is 2.32. The van der Waals surface area contributed by atoms with Crippen LogP contribution in [0.5, 0.6) is 17.2 Å². The fourth-order valence-electron chi connectivity index (χ4n) is 3.30. The molecule has 0 radical (unpaired) electrons. The Kier molecular flexibility index (Phi) is 10.3. The van der Waals surface area contributed by atoms with Gasteiger partial charge in [-0.3, -0.25) is 14.9 Å². The number of hydrogen-bond acceptors (Lipinski definition) is 7. The van der Waals surface area contributed by atoms with Crippen molar-refractivity contribution in [3.63, 3.8) is 0 Å². The summed E-state index contributed by atoms with van der Waals surface area (Å²) in [5.74, 6) is 0.101. The summed E-state index contributed by atoms with van der Waals surface area (Å²) in [6.07, 6.45) is 0. The van der Waals surface area contributed by atoms with E-state index in [4.69, 9.17) is 32.0 Å². The SMILES string of the molecule is CCOc1c(OC)cc(C(=O)NC(=S)Nc2cccc(NC(=O)c3ccccc3)c2)cc1OCCN=[N+]=[N-]. The monoisotopic (exact) mass is 534 g/mol. The van der Waals surface area contributed by atoms with Crippen LogP contribution in [0.15, 0.2) is 71.8 Å². The summed E-state index contributed by atoms with van der Waals surface area (Å²) >= 11 is 5.32. The Balaban J connectivity index is 1.69. The smallest absolute Gasteiger partial charge is 0.257 e. The minimum Gasteiger partial charge on any atom is -0.493 e. The summed E-state index contributed by atoms with van der Waals surface area (Å²) in [4.78, 5) is 28.1. The van der Waals surface area contributed by atoms with Crippen molar-refractivity contribution in [3.8, 4) is 17.2 Å². The lowest BCUT2D eigenvalue weighted by Gasteiger charge is -2.17. The van der Waals surface area contributed by atoms with Crippen molar-refractivity contribution in [2.24, 2.45) is 5.11 Å². The van der Waals surface area contributed by atoms with Crippen LogP contribution >= 0.6 is 12.2 Å². The average molecular weight is 535 g/mol. The van der Waals surface area contributed by atoms with Gasteiger partial charge in [-0.05, 0) is 67.1 Å². The number of nitrogens with zero attached hydrogens (tertiary/aromatic N) is 3. The highest BCUT2D eigenvalue weighted by Gasteiger charge is 2.19. The van der Waals surface area contributed by atoms with Crippen molar-refractivity contribution >= 4 is 40.5 Å². The molecule has 3 aromatic rings. The van der Waals surface area contributed by atoms with Crippen LogP contribution < -0.4 is 30.2 Å². The highest BCUT2D eigenvalue weighted by atomic mass is 32.1. The first-order valence-electron chi connectivity index (χ1n) is 11.5. The Hall–Kier alpha value is -4.80. The van der Waals surface area contributed by atoms with Crippen molar-refractivity contribution in [2.45, 2.75) is 6.92 Å². The number of nitrogens with one attached hydrogen (secondary N) is 3. The van der Waals surface area contributed by atoms with Gasteiger partial charge in [0.25, 0.3) is 11.8 Å². The number of benzene rings is 3. The van der Waals surface area contributed by atoms with Crippen molar-refractivity contribution in [3.05, 3.63) is 88.3 Å². The van der Waals surface area contributed by atoms with Crippen LogP contribution in [-0.4, -0.2) is 43.8 Å². The zero-order valence-electron chi connectivity index (χ0n) is 20.8. The number of azide groups is 1. The van der Waals surface area contributed by atoms with E-state index in [0.29, 0.717) is 35.0 Å². The minimum atomic E-state index is -0.516. The zero-order chi connectivity index (χ0) is 27.3. The molecule has 0 aliphatic heterocycles. The quantitative estimate of drug-likeness (QED) is 0.101. The van der Waals surface area contributed by atoms with Gasteiger partial charge < -0.3 is 24.8 Å². The lowest BCUT2D eigenvalue weighted by Crippen LogP contribution is -2.34. The van der Waals surface area contributed by atoms with Crippen LogP contribution in [0.2, 0.25) is 0 Å². The van der Waals surface area contributed by atoms with Gasteiger partial charge in [-0.2, -0.15) is 0 Å². The van der Waals surface area contributed by atoms with Crippen molar-refractivity contribution < 1.29 is 23.8 Å². The normalized spacial score (nSPS) is 9.95. The Bertz CT molecular complexity index is 1350. The standard InChI is InChI=1S/C26H26N6O5S/c1-3-36-23-21(35-2)14-18(15-22(23)37-13-12-28-32-27)25(34)31-26(38)30-20-11-7-10-19(16-20)29-24(33)17-8-5-4-6-9-17/h4-11,14-16H,3,12-13H2,1-2H3,(H,29,33)(H2,30,31,34,38). The molecule has 0 spiro atoms. The fourth-order valence-corrected chi connectivity index (χ4v) is 3.51. The maximum absolute atomic E-state index is 13.0. The van der Waals surface area contributed by atoms with Crippen molar-refractivity contribution in [1.82, 2.24) is 5.32 Å². The van der Waals surface area contributed by atoms with Crippen LogP contribution in [0.1, 0.15) is 27.6 Å². The molecule has 11 nitrogen and oxygen atoms in total. The Morgan fingerprint density at radius 1 is 0.921 bits per heavy atom.